The molecule has 28 heavy (non-hydrogen) atoms. The molecule has 2 aromatic rings. The summed E-state index contributed by atoms with van der Waals surface area (Å²) in [5.74, 6) is -0.206. The Labute approximate surface area is 166 Å². The third kappa shape index (κ3) is 4.44. The Balaban J connectivity index is 1.86. The standard InChI is InChI=1S/C24H28O4/c1-3-24(14-17-8-6-5-7-9-17)15-19-12-18(10-11-22(27)28-4-2)13-20(25)23(19)21(26)16-24/h5-9,12-13,25H,3-4,10-11,14-16H2,1-2H3. The zero-order valence-electron chi connectivity index (χ0n) is 16.7. The van der Waals surface area contributed by atoms with Gasteiger partial charge in [0, 0.05) is 12.8 Å². The van der Waals surface area contributed by atoms with Gasteiger partial charge >= 0.3 is 5.97 Å². The molecule has 0 amide bonds. The highest BCUT2D eigenvalue weighted by Crippen LogP contribution is 2.43. The van der Waals surface area contributed by atoms with Crippen molar-refractivity contribution in [1.29, 1.82) is 0 Å². The number of aryl methyl sites for hydroxylation is 1. The maximum absolute atomic E-state index is 12.9. The summed E-state index contributed by atoms with van der Waals surface area (Å²) in [7, 11) is 0. The number of carbonyl (C=O) groups is 2. The Hall–Kier alpha value is -2.62. The summed E-state index contributed by atoms with van der Waals surface area (Å²) in [5, 5.41) is 10.5. The Kier molecular flexibility index (Phi) is 6.18. The van der Waals surface area contributed by atoms with E-state index < -0.39 is 0 Å². The fourth-order valence-corrected chi connectivity index (χ4v) is 4.26. The monoisotopic (exact) mass is 380 g/mol. The van der Waals surface area contributed by atoms with Crippen molar-refractivity contribution in [2.75, 3.05) is 6.61 Å². The number of benzene rings is 2. The largest absolute Gasteiger partial charge is 0.507 e. The number of hydrogen-bond donors (Lipinski definition) is 1. The first kappa shape index (κ1) is 20.1. The van der Waals surface area contributed by atoms with Crippen LogP contribution in [-0.4, -0.2) is 23.5 Å². The summed E-state index contributed by atoms with van der Waals surface area (Å²) in [4.78, 5) is 24.6. The summed E-state index contributed by atoms with van der Waals surface area (Å²) < 4.78 is 4.98. The third-order valence-corrected chi connectivity index (χ3v) is 5.73. The molecule has 0 saturated heterocycles. The minimum Gasteiger partial charge on any atom is -0.507 e. The van der Waals surface area contributed by atoms with Crippen LogP contribution in [0.3, 0.4) is 0 Å². The van der Waals surface area contributed by atoms with Crippen molar-refractivity contribution in [2.45, 2.75) is 52.4 Å². The lowest BCUT2D eigenvalue weighted by Crippen LogP contribution is -2.34. The SMILES string of the molecule is CCOC(=O)CCc1cc(O)c2c(c1)CC(CC)(Cc1ccccc1)CC2=O. The summed E-state index contributed by atoms with van der Waals surface area (Å²) in [5.41, 5.74) is 3.30. The van der Waals surface area contributed by atoms with Gasteiger partial charge in [0.05, 0.1) is 12.2 Å². The van der Waals surface area contributed by atoms with E-state index in [1.807, 2.05) is 24.3 Å². The zero-order chi connectivity index (χ0) is 20.1. The molecule has 148 valence electrons. The van der Waals surface area contributed by atoms with E-state index in [1.165, 1.54) is 5.56 Å². The molecule has 0 saturated carbocycles. The van der Waals surface area contributed by atoms with Gasteiger partial charge in [0.15, 0.2) is 5.78 Å². The number of ketones is 1. The van der Waals surface area contributed by atoms with Gasteiger partial charge in [-0.25, -0.2) is 0 Å². The minimum absolute atomic E-state index is 0.00785. The van der Waals surface area contributed by atoms with Crippen molar-refractivity contribution < 1.29 is 19.4 Å². The smallest absolute Gasteiger partial charge is 0.306 e. The van der Waals surface area contributed by atoms with Gasteiger partial charge in [-0.15, -0.1) is 0 Å². The minimum atomic E-state index is -0.247. The second-order valence-electron chi connectivity index (χ2n) is 7.75. The van der Waals surface area contributed by atoms with Crippen molar-refractivity contribution in [3.05, 3.63) is 64.7 Å². The normalized spacial score (nSPS) is 18.6. The number of rotatable bonds is 7. The van der Waals surface area contributed by atoms with E-state index in [2.05, 4.69) is 19.1 Å². The molecule has 1 atom stereocenters. The summed E-state index contributed by atoms with van der Waals surface area (Å²) >= 11 is 0. The number of phenolic OH excluding ortho intramolecular Hbond substituents is 1. The Morgan fingerprint density at radius 1 is 1.11 bits per heavy atom. The van der Waals surface area contributed by atoms with Gasteiger partial charge in [-0.05, 0) is 60.8 Å². The maximum atomic E-state index is 12.9. The van der Waals surface area contributed by atoms with E-state index in [-0.39, 0.29) is 29.3 Å². The van der Waals surface area contributed by atoms with Crippen LogP contribution >= 0.6 is 0 Å². The van der Waals surface area contributed by atoms with Crippen LogP contribution in [0.4, 0.5) is 0 Å². The number of phenols is 1. The lowest BCUT2D eigenvalue weighted by atomic mass is 9.66. The Morgan fingerprint density at radius 3 is 2.54 bits per heavy atom. The summed E-state index contributed by atoms with van der Waals surface area (Å²) in [6.07, 6.45) is 3.68. The highest BCUT2D eigenvalue weighted by molar-refractivity contribution is 6.01. The van der Waals surface area contributed by atoms with Gasteiger partial charge in [-0.1, -0.05) is 43.3 Å². The molecule has 0 fully saturated rings. The first-order valence-electron chi connectivity index (χ1n) is 10.0. The van der Waals surface area contributed by atoms with E-state index in [1.54, 1.807) is 13.0 Å². The molecule has 1 unspecified atom stereocenters. The number of aromatic hydroxyl groups is 1. The van der Waals surface area contributed by atoms with Crippen molar-refractivity contribution in [3.63, 3.8) is 0 Å². The molecule has 1 aliphatic carbocycles. The van der Waals surface area contributed by atoms with E-state index in [4.69, 9.17) is 4.74 Å². The van der Waals surface area contributed by atoms with Crippen LogP contribution in [0.2, 0.25) is 0 Å². The van der Waals surface area contributed by atoms with Crippen LogP contribution < -0.4 is 0 Å². The van der Waals surface area contributed by atoms with Gasteiger partial charge in [-0.2, -0.15) is 0 Å². The molecule has 0 spiro atoms. The van der Waals surface area contributed by atoms with Gasteiger partial charge in [0.2, 0.25) is 0 Å². The van der Waals surface area contributed by atoms with Crippen molar-refractivity contribution in [3.8, 4) is 5.75 Å². The number of fused-ring (bicyclic) bond motifs is 1. The fourth-order valence-electron chi connectivity index (χ4n) is 4.26. The molecule has 2 aromatic carbocycles. The first-order chi connectivity index (χ1) is 13.5. The van der Waals surface area contributed by atoms with Crippen molar-refractivity contribution >= 4 is 11.8 Å². The number of hydrogen-bond acceptors (Lipinski definition) is 4. The van der Waals surface area contributed by atoms with E-state index in [0.717, 1.165) is 30.4 Å². The number of Topliss-reactive ketones (excluding diaryl/α,β-unsaturated/α-hetero) is 1. The lowest BCUT2D eigenvalue weighted by Gasteiger charge is -2.37. The molecule has 1 N–H and O–H groups in total. The third-order valence-electron chi connectivity index (χ3n) is 5.73. The number of ether oxygens (including phenoxy) is 1. The average molecular weight is 380 g/mol. The summed E-state index contributed by atoms with van der Waals surface area (Å²) in [6.45, 7) is 4.28. The van der Waals surface area contributed by atoms with Crippen LogP contribution in [0, 0.1) is 5.41 Å². The molecule has 4 nitrogen and oxygen atoms in total. The number of esters is 1. The predicted molar refractivity (Wildman–Crippen MR) is 109 cm³/mol. The second kappa shape index (κ2) is 8.59. The fraction of sp³-hybridized carbons (Fsp3) is 0.417. The van der Waals surface area contributed by atoms with Crippen LogP contribution in [0.15, 0.2) is 42.5 Å². The van der Waals surface area contributed by atoms with Gasteiger partial charge in [0.25, 0.3) is 0 Å². The molecule has 1 aliphatic rings. The Morgan fingerprint density at radius 2 is 1.86 bits per heavy atom. The molecule has 0 aromatic heterocycles. The second-order valence-corrected chi connectivity index (χ2v) is 7.75. The van der Waals surface area contributed by atoms with E-state index in [0.29, 0.717) is 25.0 Å². The maximum Gasteiger partial charge on any atom is 0.306 e. The van der Waals surface area contributed by atoms with Crippen LogP contribution in [-0.2, 0) is 28.8 Å². The van der Waals surface area contributed by atoms with Gasteiger partial charge < -0.3 is 9.84 Å². The molecule has 4 heteroatoms. The van der Waals surface area contributed by atoms with Crippen LogP contribution in [0.5, 0.6) is 5.75 Å². The molecule has 0 heterocycles. The molecular formula is C24H28O4. The van der Waals surface area contributed by atoms with E-state index >= 15 is 0 Å². The van der Waals surface area contributed by atoms with Crippen LogP contribution in [0.25, 0.3) is 0 Å². The molecule has 3 rings (SSSR count). The number of carbonyl (C=O) groups excluding carboxylic acids is 2. The molecule has 0 bridgehead atoms. The predicted octanol–water partition coefficient (Wildman–Crippen LogP) is 4.66. The molecular weight excluding hydrogens is 352 g/mol. The van der Waals surface area contributed by atoms with E-state index in [9.17, 15) is 14.7 Å². The Bertz CT molecular complexity index is 856. The van der Waals surface area contributed by atoms with Crippen molar-refractivity contribution in [2.24, 2.45) is 5.41 Å². The lowest BCUT2D eigenvalue weighted by molar-refractivity contribution is -0.143. The van der Waals surface area contributed by atoms with Crippen molar-refractivity contribution in [1.82, 2.24) is 0 Å². The van der Waals surface area contributed by atoms with Gasteiger partial charge in [0.1, 0.15) is 5.75 Å². The quantitative estimate of drug-likeness (QED) is 0.710. The first-order valence-corrected chi connectivity index (χ1v) is 10.0. The summed E-state index contributed by atoms with van der Waals surface area (Å²) in [6, 6.07) is 13.9. The molecule has 0 aliphatic heterocycles. The highest BCUT2D eigenvalue weighted by Gasteiger charge is 2.38. The van der Waals surface area contributed by atoms with Gasteiger partial charge in [-0.3, -0.25) is 9.59 Å². The average Bonchev–Trinajstić information content (AvgIpc) is 2.67. The molecule has 0 radical (unpaired) electrons. The highest BCUT2D eigenvalue weighted by atomic mass is 16.5. The zero-order valence-corrected chi connectivity index (χ0v) is 16.7. The van der Waals surface area contributed by atoms with Crippen LogP contribution in [0.1, 0.15) is 60.2 Å². The topological polar surface area (TPSA) is 63.6 Å².